The van der Waals surface area contributed by atoms with E-state index < -0.39 is 30.0 Å². The van der Waals surface area contributed by atoms with Gasteiger partial charge in [-0.2, -0.15) is 16.8 Å². The van der Waals surface area contributed by atoms with Crippen LogP contribution in [0.3, 0.4) is 0 Å². The van der Waals surface area contributed by atoms with Crippen LogP contribution in [0.15, 0.2) is 40.1 Å². The number of hydrogen-bond donors (Lipinski definition) is 3. The Morgan fingerprint density at radius 1 is 0.842 bits per heavy atom. The van der Waals surface area contributed by atoms with Gasteiger partial charge in [-0.1, -0.05) is 0 Å². The Morgan fingerprint density at radius 3 is 2.00 bits per heavy atom. The van der Waals surface area contributed by atoms with Crippen molar-refractivity contribution >= 4 is 31.0 Å². The summed E-state index contributed by atoms with van der Waals surface area (Å²) in [6, 6.07) is 5.13. The summed E-state index contributed by atoms with van der Waals surface area (Å²) in [4.78, 5) is -1.36. The zero-order chi connectivity index (χ0) is 14.4. The van der Waals surface area contributed by atoms with Gasteiger partial charge >= 0.3 is 0 Å². The van der Waals surface area contributed by atoms with E-state index in [0.717, 1.165) is 12.1 Å². The molecule has 3 N–H and O–H groups in total. The molecule has 2 rings (SSSR count). The molecule has 0 amide bonds. The summed E-state index contributed by atoms with van der Waals surface area (Å²) >= 11 is 0. The molecule has 2 aromatic carbocycles. The maximum absolute atomic E-state index is 11.2. The Morgan fingerprint density at radius 2 is 1.47 bits per heavy atom. The van der Waals surface area contributed by atoms with Crippen LogP contribution in [0, 0.1) is 0 Å². The van der Waals surface area contributed by atoms with Gasteiger partial charge in [0.1, 0.15) is 10.6 Å². The Labute approximate surface area is 108 Å². The molecule has 0 atom stereocenters. The monoisotopic (exact) mass is 304 g/mol. The lowest BCUT2D eigenvalue weighted by molar-refractivity contribution is 0.474. The van der Waals surface area contributed by atoms with E-state index in [9.17, 15) is 21.9 Å². The predicted molar refractivity (Wildman–Crippen MR) is 65.2 cm³/mol. The van der Waals surface area contributed by atoms with Crippen LogP contribution in [0.2, 0.25) is 0 Å². The molecule has 0 aliphatic carbocycles. The van der Waals surface area contributed by atoms with E-state index in [4.69, 9.17) is 9.11 Å². The van der Waals surface area contributed by atoms with Crippen molar-refractivity contribution in [2.45, 2.75) is 9.79 Å². The average molecular weight is 304 g/mol. The Hall–Kier alpha value is -1.68. The lowest BCUT2D eigenvalue weighted by Gasteiger charge is -2.07. The Bertz CT molecular complexity index is 866. The molecule has 0 saturated carbocycles. The van der Waals surface area contributed by atoms with E-state index in [-0.39, 0.29) is 16.5 Å². The fourth-order valence-electron chi connectivity index (χ4n) is 1.66. The highest BCUT2D eigenvalue weighted by molar-refractivity contribution is 7.86. The molecule has 0 aliphatic heterocycles. The summed E-state index contributed by atoms with van der Waals surface area (Å²) in [6.07, 6.45) is 0. The number of fused-ring (bicyclic) bond motifs is 1. The van der Waals surface area contributed by atoms with Crippen molar-refractivity contribution in [3.63, 3.8) is 0 Å². The van der Waals surface area contributed by atoms with Crippen molar-refractivity contribution in [3.05, 3.63) is 30.3 Å². The molecule has 0 saturated heterocycles. The summed E-state index contributed by atoms with van der Waals surface area (Å²) in [5.74, 6) is -0.221. The highest BCUT2D eigenvalue weighted by atomic mass is 32.2. The van der Waals surface area contributed by atoms with Crippen molar-refractivity contribution < 1.29 is 31.0 Å². The first kappa shape index (κ1) is 13.7. The third-order valence-electron chi connectivity index (χ3n) is 2.45. The third-order valence-corrected chi connectivity index (χ3v) is 4.17. The molecule has 0 bridgehead atoms. The van der Waals surface area contributed by atoms with E-state index in [1.54, 1.807) is 0 Å². The molecule has 102 valence electrons. The number of hydrogen-bond acceptors (Lipinski definition) is 5. The van der Waals surface area contributed by atoms with Crippen LogP contribution in [0.25, 0.3) is 10.8 Å². The predicted octanol–water partition coefficient (Wildman–Crippen LogP) is 1.04. The van der Waals surface area contributed by atoms with Crippen molar-refractivity contribution in [1.29, 1.82) is 0 Å². The van der Waals surface area contributed by atoms with Crippen molar-refractivity contribution in [2.24, 2.45) is 0 Å². The molecular weight excluding hydrogens is 296 g/mol. The number of rotatable bonds is 2. The summed E-state index contributed by atoms with van der Waals surface area (Å²) in [7, 11) is -9.33. The van der Waals surface area contributed by atoms with Crippen LogP contribution in [-0.2, 0) is 20.2 Å². The normalized spacial score (nSPS) is 12.7. The summed E-state index contributed by atoms with van der Waals surface area (Å²) in [5, 5.41) is 9.36. The second kappa shape index (κ2) is 4.17. The van der Waals surface area contributed by atoms with Gasteiger partial charge in [-0.3, -0.25) is 9.11 Å². The highest BCUT2D eigenvalue weighted by Gasteiger charge is 2.20. The fraction of sp³-hybridized carbons (Fsp3) is 0. The van der Waals surface area contributed by atoms with Gasteiger partial charge in [-0.25, -0.2) is 0 Å². The van der Waals surface area contributed by atoms with E-state index in [1.165, 1.54) is 12.1 Å². The lowest BCUT2D eigenvalue weighted by atomic mass is 10.1. The molecule has 0 heterocycles. The molecule has 0 aromatic heterocycles. The first-order chi connectivity index (χ1) is 8.59. The second-order valence-corrected chi connectivity index (χ2v) is 6.59. The smallest absolute Gasteiger partial charge is 0.295 e. The van der Waals surface area contributed by atoms with Gasteiger partial charge in [0.15, 0.2) is 0 Å². The quantitative estimate of drug-likeness (QED) is 0.707. The van der Waals surface area contributed by atoms with Crippen LogP contribution in [0.5, 0.6) is 5.75 Å². The first-order valence-corrected chi connectivity index (χ1v) is 7.69. The van der Waals surface area contributed by atoms with E-state index in [2.05, 4.69) is 0 Å². The minimum Gasteiger partial charge on any atom is -0.508 e. The number of phenols is 1. The standard InChI is InChI=1S/C10H8O7S2/c11-7-1-2-9-6(3-7)4-8(18(12,13)14)5-10(9)19(15,16)17/h1-5,11H,(H,12,13,14)(H,15,16,17). The summed E-state index contributed by atoms with van der Waals surface area (Å²) in [6.45, 7) is 0. The van der Waals surface area contributed by atoms with E-state index in [0.29, 0.717) is 6.07 Å². The number of phenolic OH excluding ortho intramolecular Hbond substituents is 1. The molecule has 0 fully saturated rings. The Kier molecular flexibility index (Phi) is 3.01. The van der Waals surface area contributed by atoms with E-state index >= 15 is 0 Å². The minimum absolute atomic E-state index is 0.0210. The van der Waals surface area contributed by atoms with Crippen LogP contribution >= 0.6 is 0 Å². The molecule has 0 spiro atoms. The number of aromatic hydroxyl groups is 1. The van der Waals surface area contributed by atoms with Crippen molar-refractivity contribution in [1.82, 2.24) is 0 Å². The van der Waals surface area contributed by atoms with Crippen molar-refractivity contribution in [3.8, 4) is 5.75 Å². The summed E-state index contributed by atoms with van der Waals surface area (Å²) < 4.78 is 62.6. The van der Waals surface area contributed by atoms with Crippen LogP contribution in [-0.4, -0.2) is 31.0 Å². The van der Waals surface area contributed by atoms with Crippen LogP contribution in [0.1, 0.15) is 0 Å². The molecule has 7 nitrogen and oxygen atoms in total. The van der Waals surface area contributed by atoms with Crippen molar-refractivity contribution in [2.75, 3.05) is 0 Å². The average Bonchev–Trinajstić information content (AvgIpc) is 2.24. The third kappa shape index (κ3) is 2.68. The molecule has 2 aromatic rings. The highest BCUT2D eigenvalue weighted by Crippen LogP contribution is 2.29. The molecule has 0 radical (unpaired) electrons. The maximum Gasteiger partial charge on any atom is 0.295 e. The first-order valence-electron chi connectivity index (χ1n) is 4.81. The maximum atomic E-state index is 11.2. The molecule has 0 unspecified atom stereocenters. The lowest BCUT2D eigenvalue weighted by Crippen LogP contribution is -2.04. The largest absolute Gasteiger partial charge is 0.508 e. The molecule has 19 heavy (non-hydrogen) atoms. The molecular formula is C10H8O7S2. The molecule has 0 aliphatic rings. The second-order valence-electron chi connectivity index (χ2n) is 3.78. The van der Waals surface area contributed by atoms with Gasteiger partial charge in [-0.15, -0.1) is 0 Å². The van der Waals surface area contributed by atoms with Gasteiger partial charge in [-0.05, 0) is 35.7 Å². The SMILES string of the molecule is O=S(=O)(O)c1cc(S(=O)(=O)O)c2ccc(O)cc2c1. The number of benzene rings is 2. The van der Waals surface area contributed by atoms with E-state index in [1.807, 2.05) is 0 Å². The van der Waals surface area contributed by atoms with Crippen LogP contribution in [0.4, 0.5) is 0 Å². The van der Waals surface area contributed by atoms with Gasteiger partial charge in [0, 0.05) is 5.39 Å². The van der Waals surface area contributed by atoms with Gasteiger partial charge < -0.3 is 5.11 Å². The topological polar surface area (TPSA) is 129 Å². The van der Waals surface area contributed by atoms with Gasteiger partial charge in [0.2, 0.25) is 0 Å². The van der Waals surface area contributed by atoms with Gasteiger partial charge in [0.25, 0.3) is 20.2 Å². The molecule has 9 heteroatoms. The summed E-state index contributed by atoms with van der Waals surface area (Å²) in [5.41, 5.74) is 0. The Balaban J connectivity index is 3.01. The van der Waals surface area contributed by atoms with Crippen LogP contribution < -0.4 is 0 Å². The fourth-order valence-corrected chi connectivity index (χ4v) is 3.02. The zero-order valence-electron chi connectivity index (χ0n) is 9.18. The minimum atomic E-state index is -4.68. The van der Waals surface area contributed by atoms with Gasteiger partial charge in [0.05, 0.1) is 4.90 Å². The zero-order valence-corrected chi connectivity index (χ0v) is 10.8.